The van der Waals surface area contributed by atoms with E-state index in [9.17, 15) is 0 Å². The summed E-state index contributed by atoms with van der Waals surface area (Å²) in [7, 11) is 0. The maximum absolute atomic E-state index is 4.64. The van der Waals surface area contributed by atoms with Gasteiger partial charge in [0.25, 0.3) is 0 Å². The number of rotatable bonds is 3. The van der Waals surface area contributed by atoms with E-state index >= 15 is 0 Å². The van der Waals surface area contributed by atoms with E-state index in [0.717, 1.165) is 39.5 Å². The van der Waals surface area contributed by atoms with Crippen LogP contribution in [0, 0.1) is 0 Å². The van der Waals surface area contributed by atoms with Crippen molar-refractivity contribution >= 4 is 37.5 Å². The van der Waals surface area contributed by atoms with Crippen molar-refractivity contribution in [2.24, 2.45) is 0 Å². The second kappa shape index (κ2) is 5.35. The van der Waals surface area contributed by atoms with Gasteiger partial charge in [-0.2, -0.15) is 0 Å². The Morgan fingerprint density at radius 2 is 2.00 bits per heavy atom. The lowest BCUT2D eigenvalue weighted by Gasteiger charge is -2.01. The zero-order valence-electron chi connectivity index (χ0n) is 10.4. The molecule has 0 aliphatic heterocycles. The van der Waals surface area contributed by atoms with Crippen molar-refractivity contribution in [3.8, 4) is 0 Å². The Bertz CT molecular complexity index is 691. The lowest BCUT2D eigenvalue weighted by Crippen LogP contribution is -1.99. The van der Waals surface area contributed by atoms with Gasteiger partial charge in [-0.25, -0.2) is 15.0 Å². The highest BCUT2D eigenvalue weighted by atomic mass is 79.9. The average Bonchev–Trinajstić information content (AvgIpc) is 2.80. The molecule has 5 heteroatoms. The number of fused-ring (bicyclic) bond motifs is 1. The molecule has 3 rings (SSSR count). The van der Waals surface area contributed by atoms with E-state index in [-0.39, 0.29) is 0 Å². The van der Waals surface area contributed by atoms with Gasteiger partial charge >= 0.3 is 0 Å². The van der Waals surface area contributed by atoms with E-state index in [2.05, 4.69) is 43.9 Å². The third kappa shape index (κ3) is 2.82. The summed E-state index contributed by atoms with van der Waals surface area (Å²) in [6, 6.07) is 10.2. The molecule has 0 atom stereocenters. The van der Waals surface area contributed by atoms with Crippen LogP contribution in [-0.4, -0.2) is 15.0 Å². The van der Waals surface area contributed by atoms with Crippen LogP contribution in [0.2, 0.25) is 0 Å². The maximum Gasteiger partial charge on any atom is 0.129 e. The fourth-order valence-electron chi connectivity index (χ4n) is 1.92. The largest absolute Gasteiger partial charge is 0.241 e. The number of aryl methyl sites for hydroxylation is 1. The minimum atomic E-state index is 0.757. The molecule has 0 saturated carbocycles. The van der Waals surface area contributed by atoms with Crippen molar-refractivity contribution in [1.82, 2.24) is 15.0 Å². The van der Waals surface area contributed by atoms with E-state index in [1.807, 2.05) is 24.3 Å². The molecule has 3 aromatic rings. The molecule has 3 nitrogen and oxygen atoms in total. The SMILES string of the molecule is CCc1nc(Br)cc(Cc2nc3ccccc3s2)n1. The maximum atomic E-state index is 4.64. The quantitative estimate of drug-likeness (QED) is 0.680. The topological polar surface area (TPSA) is 38.7 Å². The molecule has 0 saturated heterocycles. The molecule has 0 aliphatic rings. The Morgan fingerprint density at radius 1 is 1.16 bits per heavy atom. The van der Waals surface area contributed by atoms with Gasteiger partial charge in [-0.05, 0) is 34.1 Å². The van der Waals surface area contributed by atoms with Crippen molar-refractivity contribution < 1.29 is 0 Å². The van der Waals surface area contributed by atoms with Gasteiger partial charge in [-0.3, -0.25) is 0 Å². The number of hydrogen-bond donors (Lipinski definition) is 0. The Kier molecular flexibility index (Phi) is 3.57. The van der Waals surface area contributed by atoms with Crippen LogP contribution in [0.3, 0.4) is 0 Å². The van der Waals surface area contributed by atoms with Gasteiger partial charge in [-0.1, -0.05) is 19.1 Å². The lowest BCUT2D eigenvalue weighted by atomic mass is 10.3. The molecule has 0 spiro atoms. The van der Waals surface area contributed by atoms with Crippen molar-refractivity contribution in [3.63, 3.8) is 0 Å². The van der Waals surface area contributed by atoms with E-state index in [1.54, 1.807) is 11.3 Å². The van der Waals surface area contributed by atoms with Gasteiger partial charge in [0, 0.05) is 12.8 Å². The van der Waals surface area contributed by atoms with E-state index in [1.165, 1.54) is 4.70 Å². The minimum absolute atomic E-state index is 0.757. The summed E-state index contributed by atoms with van der Waals surface area (Å²) >= 11 is 5.16. The number of nitrogens with zero attached hydrogens (tertiary/aromatic N) is 3. The molecular weight excluding hydrogens is 322 g/mol. The summed E-state index contributed by atoms with van der Waals surface area (Å²) < 4.78 is 2.07. The molecule has 19 heavy (non-hydrogen) atoms. The monoisotopic (exact) mass is 333 g/mol. The van der Waals surface area contributed by atoms with Crippen LogP contribution in [0.25, 0.3) is 10.2 Å². The van der Waals surface area contributed by atoms with Gasteiger partial charge < -0.3 is 0 Å². The number of para-hydroxylation sites is 1. The Morgan fingerprint density at radius 3 is 2.79 bits per heavy atom. The van der Waals surface area contributed by atoms with Crippen LogP contribution in [-0.2, 0) is 12.8 Å². The first-order chi connectivity index (χ1) is 9.24. The molecule has 0 N–H and O–H groups in total. The zero-order chi connectivity index (χ0) is 13.2. The van der Waals surface area contributed by atoms with Crippen molar-refractivity contribution in [3.05, 3.63) is 51.5 Å². The normalized spacial score (nSPS) is 11.1. The van der Waals surface area contributed by atoms with Crippen molar-refractivity contribution in [1.29, 1.82) is 0 Å². The number of halogens is 1. The molecule has 0 unspecified atom stereocenters. The molecule has 0 aliphatic carbocycles. The molecule has 2 aromatic heterocycles. The first-order valence-corrected chi connectivity index (χ1v) is 7.72. The second-order valence-corrected chi connectivity index (χ2v) is 6.13. The van der Waals surface area contributed by atoms with Crippen LogP contribution < -0.4 is 0 Å². The van der Waals surface area contributed by atoms with Gasteiger partial charge in [0.05, 0.1) is 20.9 Å². The molecule has 96 valence electrons. The number of hydrogen-bond acceptors (Lipinski definition) is 4. The molecule has 1 aromatic carbocycles. The minimum Gasteiger partial charge on any atom is -0.241 e. The summed E-state index contributed by atoms with van der Waals surface area (Å²) in [6.07, 6.45) is 1.60. The number of benzene rings is 1. The summed E-state index contributed by atoms with van der Waals surface area (Å²) in [6.45, 7) is 2.06. The number of aromatic nitrogens is 3. The van der Waals surface area contributed by atoms with Crippen molar-refractivity contribution in [2.45, 2.75) is 19.8 Å². The predicted molar refractivity (Wildman–Crippen MR) is 81.5 cm³/mol. The van der Waals surface area contributed by atoms with E-state index in [4.69, 9.17) is 0 Å². The smallest absolute Gasteiger partial charge is 0.129 e. The lowest BCUT2D eigenvalue weighted by molar-refractivity contribution is 0.885. The van der Waals surface area contributed by atoms with Crippen LogP contribution in [0.15, 0.2) is 34.9 Å². The summed E-state index contributed by atoms with van der Waals surface area (Å²) in [5.41, 5.74) is 2.07. The molecule has 0 amide bonds. The zero-order valence-corrected chi connectivity index (χ0v) is 12.8. The van der Waals surface area contributed by atoms with Gasteiger partial charge in [0.1, 0.15) is 10.4 Å². The second-order valence-electron chi connectivity index (χ2n) is 4.20. The summed E-state index contributed by atoms with van der Waals surface area (Å²) in [5, 5.41) is 1.09. The highest BCUT2D eigenvalue weighted by molar-refractivity contribution is 9.10. The fourth-order valence-corrected chi connectivity index (χ4v) is 3.37. The Labute approximate surface area is 123 Å². The van der Waals surface area contributed by atoms with Gasteiger partial charge in [-0.15, -0.1) is 11.3 Å². The fraction of sp³-hybridized carbons (Fsp3) is 0.214. The van der Waals surface area contributed by atoms with Gasteiger partial charge in [0.2, 0.25) is 0 Å². The van der Waals surface area contributed by atoms with E-state index in [0.29, 0.717) is 0 Å². The highest BCUT2D eigenvalue weighted by Gasteiger charge is 2.07. The molecule has 2 heterocycles. The van der Waals surface area contributed by atoms with E-state index < -0.39 is 0 Å². The van der Waals surface area contributed by atoms with Crippen molar-refractivity contribution in [2.75, 3.05) is 0 Å². The molecular formula is C14H12BrN3S. The summed E-state index contributed by atoms with van der Waals surface area (Å²) in [4.78, 5) is 13.5. The van der Waals surface area contributed by atoms with Gasteiger partial charge in [0.15, 0.2) is 0 Å². The third-order valence-electron chi connectivity index (χ3n) is 2.78. The molecule has 0 fully saturated rings. The molecule has 0 radical (unpaired) electrons. The third-order valence-corrected chi connectivity index (χ3v) is 4.22. The Hall–Kier alpha value is -1.33. The molecule has 0 bridgehead atoms. The Balaban J connectivity index is 1.94. The number of thiazole rings is 1. The van der Waals surface area contributed by atoms with Crippen LogP contribution in [0.1, 0.15) is 23.4 Å². The standard InChI is InChI=1S/C14H12BrN3S/c1-2-13-16-9(7-12(15)18-13)8-14-17-10-5-3-4-6-11(10)19-14/h3-7H,2,8H2,1H3. The first-order valence-electron chi connectivity index (χ1n) is 6.11. The average molecular weight is 334 g/mol. The predicted octanol–water partition coefficient (Wildman–Crippen LogP) is 4.00. The summed E-state index contributed by atoms with van der Waals surface area (Å²) in [5.74, 6) is 0.866. The highest BCUT2D eigenvalue weighted by Crippen LogP contribution is 2.23. The first kappa shape index (κ1) is 12.7. The van der Waals surface area contributed by atoms with Crippen LogP contribution in [0.5, 0.6) is 0 Å². The van der Waals surface area contributed by atoms with Crippen LogP contribution >= 0.6 is 27.3 Å². The van der Waals surface area contributed by atoms with Crippen LogP contribution in [0.4, 0.5) is 0 Å².